The average Bonchev–Trinajstić information content (AvgIpc) is 2.75. The molecule has 4 rings (SSSR count). The van der Waals surface area contributed by atoms with E-state index in [-0.39, 0.29) is 11.0 Å². The van der Waals surface area contributed by atoms with Gasteiger partial charge in [-0.25, -0.2) is 0 Å². The van der Waals surface area contributed by atoms with Gasteiger partial charge in [-0.2, -0.15) is 4.57 Å². The Labute approximate surface area is 167 Å². The quantitative estimate of drug-likeness (QED) is 0.552. The second-order valence-corrected chi connectivity index (χ2v) is 8.18. The minimum atomic E-state index is -0.0905. The van der Waals surface area contributed by atoms with Crippen LogP contribution in [0.2, 0.25) is 0 Å². The number of rotatable bonds is 4. The van der Waals surface area contributed by atoms with Crippen molar-refractivity contribution in [1.82, 2.24) is 0 Å². The maximum atomic E-state index is 5.90. The van der Waals surface area contributed by atoms with Crippen molar-refractivity contribution in [2.24, 2.45) is 0 Å². The van der Waals surface area contributed by atoms with E-state index in [0.29, 0.717) is 0 Å². The molecule has 0 spiro atoms. The lowest BCUT2D eigenvalue weighted by Crippen LogP contribution is -2.67. The summed E-state index contributed by atoms with van der Waals surface area (Å²) in [4.78, 5) is 0. The van der Waals surface area contributed by atoms with Crippen LogP contribution in [0.4, 0.5) is 0 Å². The van der Waals surface area contributed by atoms with Crippen LogP contribution in [0.15, 0.2) is 48.5 Å². The molecule has 0 bridgehead atoms. The SMILES string of the molecule is CCC1(C)c2c(OC)cc(OC)cc2-c2ccc3ccccc3[n+]2C1(C)CC. The summed E-state index contributed by atoms with van der Waals surface area (Å²) in [6.45, 7) is 9.38. The number of benzene rings is 2. The third-order valence-corrected chi connectivity index (χ3v) is 7.28. The van der Waals surface area contributed by atoms with Crippen molar-refractivity contribution in [3.05, 3.63) is 54.1 Å². The Bertz CT molecular complexity index is 1060. The molecule has 3 heteroatoms. The fourth-order valence-electron chi connectivity index (χ4n) is 5.21. The van der Waals surface area contributed by atoms with Crippen LogP contribution in [0.5, 0.6) is 11.5 Å². The molecule has 2 unspecified atom stereocenters. The molecule has 2 heterocycles. The van der Waals surface area contributed by atoms with E-state index in [4.69, 9.17) is 9.47 Å². The Morgan fingerprint density at radius 2 is 1.64 bits per heavy atom. The lowest BCUT2D eigenvalue weighted by Gasteiger charge is -2.46. The molecule has 3 nitrogen and oxygen atoms in total. The van der Waals surface area contributed by atoms with Crippen molar-refractivity contribution < 1.29 is 14.0 Å². The van der Waals surface area contributed by atoms with E-state index in [2.05, 4.69) is 74.7 Å². The lowest BCUT2D eigenvalue weighted by atomic mass is 9.60. The minimum Gasteiger partial charge on any atom is -0.497 e. The number of para-hydroxylation sites is 1. The highest BCUT2D eigenvalue weighted by Gasteiger charge is 2.58. The third kappa shape index (κ3) is 2.25. The molecule has 0 amide bonds. The average molecular weight is 377 g/mol. The van der Waals surface area contributed by atoms with Gasteiger partial charge in [-0.3, -0.25) is 0 Å². The molecule has 0 saturated heterocycles. The van der Waals surface area contributed by atoms with Crippen LogP contribution in [0.3, 0.4) is 0 Å². The van der Waals surface area contributed by atoms with Crippen molar-refractivity contribution in [3.8, 4) is 22.8 Å². The zero-order valence-corrected chi connectivity index (χ0v) is 17.8. The van der Waals surface area contributed by atoms with Crippen molar-refractivity contribution in [2.45, 2.75) is 51.5 Å². The number of nitrogens with zero attached hydrogens (tertiary/aromatic N) is 1. The van der Waals surface area contributed by atoms with E-state index >= 15 is 0 Å². The number of methoxy groups -OCH3 is 2. The second-order valence-electron chi connectivity index (χ2n) is 8.18. The Kier molecular flexibility index (Phi) is 4.37. The first-order chi connectivity index (χ1) is 13.4. The van der Waals surface area contributed by atoms with Gasteiger partial charge >= 0.3 is 0 Å². The first-order valence-corrected chi connectivity index (χ1v) is 10.2. The fourth-order valence-corrected chi connectivity index (χ4v) is 5.21. The Morgan fingerprint density at radius 3 is 2.29 bits per heavy atom. The molecule has 1 aliphatic rings. The standard InChI is InChI=1S/C25H30NO2/c1-7-24(3)23-19(15-18(27-5)16-22(23)28-6)21-14-13-17-11-9-10-12-20(17)26(21)25(24,4)8-2/h9-16H,7-8H2,1-6H3/q+1. The van der Waals surface area contributed by atoms with Gasteiger partial charge in [0.25, 0.3) is 0 Å². The molecule has 0 saturated carbocycles. The summed E-state index contributed by atoms with van der Waals surface area (Å²) in [5.41, 5.74) is 4.82. The smallest absolute Gasteiger partial charge is 0.214 e. The molecule has 0 N–H and O–H groups in total. The third-order valence-electron chi connectivity index (χ3n) is 7.28. The number of hydrogen-bond donors (Lipinski definition) is 0. The van der Waals surface area contributed by atoms with Gasteiger partial charge in [-0.05, 0) is 31.5 Å². The fraction of sp³-hybridized carbons (Fsp3) is 0.400. The van der Waals surface area contributed by atoms with Gasteiger partial charge in [0.05, 0.1) is 25.2 Å². The zero-order valence-electron chi connectivity index (χ0n) is 17.8. The van der Waals surface area contributed by atoms with Gasteiger partial charge in [0.15, 0.2) is 5.54 Å². The van der Waals surface area contributed by atoms with E-state index in [1.165, 1.54) is 27.7 Å². The Hall–Kier alpha value is -2.55. The highest BCUT2D eigenvalue weighted by molar-refractivity contribution is 5.80. The molecular weight excluding hydrogens is 346 g/mol. The first kappa shape index (κ1) is 18.8. The van der Waals surface area contributed by atoms with Gasteiger partial charge in [-0.1, -0.05) is 26.0 Å². The molecule has 2 atom stereocenters. The summed E-state index contributed by atoms with van der Waals surface area (Å²) < 4.78 is 14.1. The molecular formula is C25H30NO2+. The molecule has 0 fully saturated rings. The molecule has 28 heavy (non-hydrogen) atoms. The summed E-state index contributed by atoms with van der Waals surface area (Å²) in [5.74, 6) is 1.74. The van der Waals surface area contributed by atoms with E-state index < -0.39 is 0 Å². The van der Waals surface area contributed by atoms with Crippen LogP contribution in [0.25, 0.3) is 22.2 Å². The monoisotopic (exact) mass is 376 g/mol. The van der Waals surface area contributed by atoms with Crippen LogP contribution in [-0.2, 0) is 11.0 Å². The number of pyridine rings is 1. The van der Waals surface area contributed by atoms with Crippen LogP contribution in [0.1, 0.15) is 46.1 Å². The van der Waals surface area contributed by atoms with Gasteiger partial charge in [0.2, 0.25) is 11.2 Å². The summed E-state index contributed by atoms with van der Waals surface area (Å²) in [7, 11) is 3.48. The summed E-state index contributed by atoms with van der Waals surface area (Å²) >= 11 is 0. The number of ether oxygens (including phenoxy) is 2. The topological polar surface area (TPSA) is 22.3 Å². The van der Waals surface area contributed by atoms with E-state index in [0.717, 1.165) is 24.3 Å². The maximum absolute atomic E-state index is 5.90. The summed E-state index contributed by atoms with van der Waals surface area (Å²) in [6.07, 6.45) is 2.04. The number of hydrogen-bond acceptors (Lipinski definition) is 2. The van der Waals surface area contributed by atoms with Gasteiger partial charge in [0.1, 0.15) is 11.5 Å². The van der Waals surface area contributed by atoms with Crippen molar-refractivity contribution in [1.29, 1.82) is 0 Å². The van der Waals surface area contributed by atoms with Crippen molar-refractivity contribution >= 4 is 10.9 Å². The Balaban J connectivity index is 2.24. The van der Waals surface area contributed by atoms with Crippen molar-refractivity contribution in [3.63, 3.8) is 0 Å². The minimum absolute atomic E-state index is 0.0868. The molecule has 0 radical (unpaired) electrons. The first-order valence-electron chi connectivity index (χ1n) is 10.2. The highest BCUT2D eigenvalue weighted by Crippen LogP contribution is 2.54. The molecule has 146 valence electrons. The Morgan fingerprint density at radius 1 is 0.893 bits per heavy atom. The van der Waals surface area contributed by atoms with Crippen LogP contribution >= 0.6 is 0 Å². The molecule has 1 aromatic heterocycles. The van der Waals surface area contributed by atoms with E-state index in [9.17, 15) is 0 Å². The van der Waals surface area contributed by atoms with Crippen LogP contribution < -0.4 is 14.0 Å². The van der Waals surface area contributed by atoms with Crippen molar-refractivity contribution in [2.75, 3.05) is 14.2 Å². The maximum Gasteiger partial charge on any atom is 0.214 e. The lowest BCUT2D eigenvalue weighted by molar-refractivity contribution is -0.742. The van der Waals surface area contributed by atoms with E-state index in [1.54, 1.807) is 14.2 Å². The molecule has 3 aromatic rings. The second kappa shape index (κ2) is 6.51. The number of fused-ring (bicyclic) bond motifs is 5. The van der Waals surface area contributed by atoms with Crippen LogP contribution in [-0.4, -0.2) is 14.2 Å². The van der Waals surface area contributed by atoms with Gasteiger partial charge in [-0.15, -0.1) is 0 Å². The van der Waals surface area contributed by atoms with Crippen LogP contribution in [0, 0.1) is 0 Å². The molecule has 0 aliphatic carbocycles. The zero-order chi connectivity index (χ0) is 20.1. The molecule has 2 aromatic carbocycles. The van der Waals surface area contributed by atoms with Gasteiger partial charge in [0, 0.05) is 42.5 Å². The number of aromatic nitrogens is 1. The van der Waals surface area contributed by atoms with Gasteiger partial charge < -0.3 is 9.47 Å². The summed E-state index contributed by atoms with van der Waals surface area (Å²) in [6, 6.07) is 17.4. The molecule has 1 aliphatic heterocycles. The highest BCUT2D eigenvalue weighted by atomic mass is 16.5. The predicted molar refractivity (Wildman–Crippen MR) is 114 cm³/mol. The van der Waals surface area contributed by atoms with E-state index in [1.807, 2.05) is 6.07 Å². The predicted octanol–water partition coefficient (Wildman–Crippen LogP) is 5.62. The normalized spacial score (nSPS) is 23.2. The summed E-state index contributed by atoms with van der Waals surface area (Å²) in [5, 5.41) is 1.27. The largest absolute Gasteiger partial charge is 0.497 e.